The van der Waals surface area contributed by atoms with E-state index in [1.165, 1.54) is 0 Å². The van der Waals surface area contributed by atoms with Crippen LogP contribution in [-0.4, -0.2) is 31.3 Å². The van der Waals surface area contributed by atoms with E-state index in [2.05, 4.69) is 5.32 Å². The molecule has 0 bridgehead atoms. The van der Waals surface area contributed by atoms with Gasteiger partial charge in [0.25, 0.3) is 0 Å². The van der Waals surface area contributed by atoms with Gasteiger partial charge in [-0.25, -0.2) is 9.59 Å². The Bertz CT molecular complexity index is 451. The van der Waals surface area contributed by atoms with Crippen molar-refractivity contribution < 1.29 is 19.1 Å². The average molecular weight is 308 g/mol. The van der Waals surface area contributed by atoms with Crippen LogP contribution in [0.3, 0.4) is 0 Å². The van der Waals surface area contributed by atoms with Gasteiger partial charge in [0, 0.05) is 0 Å². The molecular formula is C16H24N2O4. The van der Waals surface area contributed by atoms with Crippen LogP contribution in [0.1, 0.15) is 31.7 Å². The van der Waals surface area contributed by atoms with E-state index in [0.29, 0.717) is 13.0 Å². The van der Waals surface area contributed by atoms with Crippen LogP contribution in [0.4, 0.5) is 4.79 Å². The lowest BCUT2D eigenvalue weighted by Crippen LogP contribution is -2.42. The Morgan fingerprint density at radius 3 is 2.55 bits per heavy atom. The van der Waals surface area contributed by atoms with Crippen LogP contribution in [0, 0.1) is 0 Å². The number of hydrogen-bond acceptors (Lipinski definition) is 5. The molecule has 0 fully saturated rings. The third kappa shape index (κ3) is 7.08. The van der Waals surface area contributed by atoms with Crippen molar-refractivity contribution >= 4 is 12.1 Å². The number of alkyl carbamates (subject to hydrolysis) is 1. The highest BCUT2D eigenvalue weighted by atomic mass is 16.6. The van der Waals surface area contributed by atoms with Gasteiger partial charge >= 0.3 is 12.1 Å². The second-order valence-electron chi connectivity index (χ2n) is 4.80. The Kier molecular flexibility index (Phi) is 8.67. The second kappa shape index (κ2) is 10.6. The van der Waals surface area contributed by atoms with E-state index in [1.807, 2.05) is 30.3 Å². The lowest BCUT2D eigenvalue weighted by molar-refractivity contribution is -0.145. The number of benzene rings is 1. The summed E-state index contributed by atoms with van der Waals surface area (Å²) in [5, 5.41) is 2.55. The van der Waals surface area contributed by atoms with Crippen molar-refractivity contribution in [3.8, 4) is 0 Å². The van der Waals surface area contributed by atoms with Gasteiger partial charge < -0.3 is 20.5 Å². The van der Waals surface area contributed by atoms with Crippen molar-refractivity contribution in [1.29, 1.82) is 0 Å². The maximum Gasteiger partial charge on any atom is 0.408 e. The number of nitrogens with two attached hydrogens (primary N) is 1. The van der Waals surface area contributed by atoms with E-state index in [-0.39, 0.29) is 13.2 Å². The Morgan fingerprint density at radius 1 is 1.18 bits per heavy atom. The van der Waals surface area contributed by atoms with Crippen LogP contribution >= 0.6 is 0 Å². The van der Waals surface area contributed by atoms with Gasteiger partial charge in [-0.2, -0.15) is 0 Å². The molecule has 0 saturated carbocycles. The number of unbranched alkanes of at least 4 members (excludes halogenated alkanes) is 1. The highest BCUT2D eigenvalue weighted by Gasteiger charge is 2.22. The molecule has 22 heavy (non-hydrogen) atoms. The summed E-state index contributed by atoms with van der Waals surface area (Å²) in [6.07, 6.45) is 1.38. The van der Waals surface area contributed by atoms with Gasteiger partial charge in [0.2, 0.25) is 0 Å². The summed E-state index contributed by atoms with van der Waals surface area (Å²) < 4.78 is 10.1. The predicted octanol–water partition coefficient (Wildman–Crippen LogP) is 1.97. The van der Waals surface area contributed by atoms with Crippen LogP contribution in [0.5, 0.6) is 0 Å². The van der Waals surface area contributed by atoms with Crippen molar-refractivity contribution in [2.75, 3.05) is 13.2 Å². The minimum Gasteiger partial charge on any atom is -0.464 e. The molecule has 0 aliphatic heterocycles. The first-order valence-corrected chi connectivity index (χ1v) is 7.51. The van der Waals surface area contributed by atoms with Crippen LogP contribution < -0.4 is 11.1 Å². The van der Waals surface area contributed by atoms with E-state index in [0.717, 1.165) is 18.4 Å². The third-order valence-electron chi connectivity index (χ3n) is 3.02. The zero-order valence-corrected chi connectivity index (χ0v) is 12.9. The minimum absolute atomic E-state index is 0.158. The predicted molar refractivity (Wildman–Crippen MR) is 83.1 cm³/mol. The van der Waals surface area contributed by atoms with E-state index >= 15 is 0 Å². The van der Waals surface area contributed by atoms with Gasteiger partial charge in [-0.3, -0.25) is 0 Å². The molecule has 0 heterocycles. The van der Waals surface area contributed by atoms with Gasteiger partial charge in [0.15, 0.2) is 0 Å². The summed E-state index contributed by atoms with van der Waals surface area (Å²) >= 11 is 0. The maximum atomic E-state index is 11.8. The number of esters is 1. The fourth-order valence-electron chi connectivity index (χ4n) is 1.89. The van der Waals surface area contributed by atoms with Crippen LogP contribution in [0.15, 0.2) is 30.3 Å². The van der Waals surface area contributed by atoms with Crippen molar-refractivity contribution in [2.24, 2.45) is 5.73 Å². The molecule has 122 valence electrons. The summed E-state index contributed by atoms with van der Waals surface area (Å²) in [5.41, 5.74) is 6.32. The number of carbonyl (C=O) groups is 2. The third-order valence-corrected chi connectivity index (χ3v) is 3.02. The summed E-state index contributed by atoms with van der Waals surface area (Å²) in [7, 11) is 0. The maximum absolute atomic E-state index is 11.8. The summed E-state index contributed by atoms with van der Waals surface area (Å²) in [5.74, 6) is -0.448. The van der Waals surface area contributed by atoms with Crippen molar-refractivity contribution in [3.63, 3.8) is 0 Å². The van der Waals surface area contributed by atoms with Crippen LogP contribution in [-0.2, 0) is 20.9 Å². The topological polar surface area (TPSA) is 90.6 Å². The van der Waals surface area contributed by atoms with E-state index in [1.54, 1.807) is 6.92 Å². The fraction of sp³-hybridized carbons (Fsp3) is 0.500. The molecular weight excluding hydrogens is 284 g/mol. The lowest BCUT2D eigenvalue weighted by Gasteiger charge is -2.17. The van der Waals surface area contributed by atoms with E-state index < -0.39 is 18.1 Å². The molecule has 0 aromatic heterocycles. The Balaban J connectivity index is 2.45. The first-order valence-electron chi connectivity index (χ1n) is 7.51. The Labute approximate surface area is 131 Å². The molecule has 1 atom stereocenters. The molecule has 0 spiro atoms. The van der Waals surface area contributed by atoms with Gasteiger partial charge in [0.1, 0.15) is 12.6 Å². The van der Waals surface area contributed by atoms with Gasteiger partial charge in [-0.15, -0.1) is 0 Å². The van der Waals surface area contributed by atoms with Gasteiger partial charge in [-0.05, 0) is 38.3 Å². The van der Waals surface area contributed by atoms with Gasteiger partial charge in [-0.1, -0.05) is 30.3 Å². The number of ether oxygens (including phenoxy) is 2. The molecule has 0 radical (unpaired) electrons. The van der Waals surface area contributed by atoms with Crippen LogP contribution in [0.2, 0.25) is 0 Å². The van der Waals surface area contributed by atoms with Crippen molar-refractivity contribution in [3.05, 3.63) is 35.9 Å². The number of rotatable bonds is 9. The lowest BCUT2D eigenvalue weighted by atomic mass is 10.1. The second-order valence-corrected chi connectivity index (χ2v) is 4.80. The highest BCUT2D eigenvalue weighted by Crippen LogP contribution is 2.05. The monoisotopic (exact) mass is 308 g/mol. The summed E-state index contributed by atoms with van der Waals surface area (Å²) in [6.45, 7) is 2.70. The zero-order chi connectivity index (χ0) is 16.2. The molecule has 1 rings (SSSR count). The van der Waals surface area contributed by atoms with Crippen LogP contribution in [0.25, 0.3) is 0 Å². The van der Waals surface area contributed by atoms with Crippen molar-refractivity contribution in [1.82, 2.24) is 5.32 Å². The standard InChI is InChI=1S/C16H24N2O4/c1-2-21-15(19)14(10-6-7-11-17)18-16(20)22-12-13-8-4-3-5-9-13/h3-5,8-9,14H,2,6-7,10-12,17H2,1H3,(H,18,20). The first kappa shape index (κ1) is 18.0. The molecule has 3 N–H and O–H groups in total. The summed E-state index contributed by atoms with van der Waals surface area (Å²) in [6, 6.07) is 8.64. The Hall–Kier alpha value is -2.08. The van der Waals surface area contributed by atoms with Crippen molar-refractivity contribution in [2.45, 2.75) is 38.8 Å². The molecule has 0 aliphatic rings. The number of nitrogens with one attached hydrogen (secondary N) is 1. The largest absolute Gasteiger partial charge is 0.464 e. The molecule has 1 aromatic rings. The highest BCUT2D eigenvalue weighted by molar-refractivity contribution is 5.81. The molecule has 1 amide bonds. The Morgan fingerprint density at radius 2 is 1.91 bits per heavy atom. The molecule has 0 saturated heterocycles. The molecule has 6 heteroatoms. The molecule has 0 aliphatic carbocycles. The first-order chi connectivity index (χ1) is 10.7. The normalized spacial score (nSPS) is 11.5. The fourth-order valence-corrected chi connectivity index (χ4v) is 1.89. The zero-order valence-electron chi connectivity index (χ0n) is 12.9. The smallest absolute Gasteiger partial charge is 0.408 e. The number of amides is 1. The van der Waals surface area contributed by atoms with E-state index in [9.17, 15) is 9.59 Å². The van der Waals surface area contributed by atoms with Gasteiger partial charge in [0.05, 0.1) is 6.61 Å². The summed E-state index contributed by atoms with van der Waals surface area (Å²) in [4.78, 5) is 23.6. The number of carbonyl (C=O) groups excluding carboxylic acids is 2. The van der Waals surface area contributed by atoms with E-state index in [4.69, 9.17) is 15.2 Å². The molecule has 1 aromatic carbocycles. The average Bonchev–Trinajstić information content (AvgIpc) is 2.53. The SMILES string of the molecule is CCOC(=O)C(CCCCN)NC(=O)OCc1ccccc1. The minimum atomic E-state index is -0.699. The quantitative estimate of drug-likeness (QED) is 0.537. The number of hydrogen-bond donors (Lipinski definition) is 2. The molecule has 6 nitrogen and oxygen atoms in total. The molecule has 1 unspecified atom stereocenters.